The topological polar surface area (TPSA) is 66.9 Å². The maximum Gasteiger partial charge on any atom is 0.341 e. The lowest BCUT2D eigenvalue weighted by atomic mass is 10.1. The van der Waals surface area contributed by atoms with Gasteiger partial charge in [-0.05, 0) is 37.7 Å². The lowest BCUT2D eigenvalue weighted by Gasteiger charge is -2.36. The van der Waals surface area contributed by atoms with Crippen molar-refractivity contribution in [3.05, 3.63) is 52.1 Å². The quantitative estimate of drug-likeness (QED) is 0.421. The number of fused-ring (bicyclic) bond motifs is 1. The van der Waals surface area contributed by atoms with Crippen molar-refractivity contribution in [2.45, 2.75) is 13.8 Å². The zero-order valence-electron chi connectivity index (χ0n) is 19.5. The van der Waals surface area contributed by atoms with Crippen molar-refractivity contribution >= 4 is 57.1 Å². The van der Waals surface area contributed by atoms with Gasteiger partial charge in [-0.25, -0.2) is 4.79 Å². The molecule has 1 fully saturated rings. The third kappa shape index (κ3) is 5.02. The molecule has 0 bridgehead atoms. The van der Waals surface area contributed by atoms with Crippen LogP contribution in [0.2, 0.25) is 10.0 Å². The summed E-state index contributed by atoms with van der Waals surface area (Å²) in [4.78, 5) is 22.1. The van der Waals surface area contributed by atoms with Crippen molar-refractivity contribution in [1.29, 1.82) is 0 Å². The fraction of sp³-hybridized carbons (Fsp3) is 0.360. The second-order valence-electron chi connectivity index (χ2n) is 7.98. The van der Waals surface area contributed by atoms with Crippen LogP contribution in [-0.2, 0) is 4.74 Å². The molecule has 0 spiro atoms. The Kier molecular flexibility index (Phi) is 7.66. The number of nitrogens with zero attached hydrogens (tertiary/aromatic N) is 3. The van der Waals surface area contributed by atoms with E-state index in [0.29, 0.717) is 32.5 Å². The van der Waals surface area contributed by atoms with Gasteiger partial charge in [-0.1, -0.05) is 30.1 Å². The van der Waals surface area contributed by atoms with E-state index in [0.717, 1.165) is 49.5 Å². The van der Waals surface area contributed by atoms with Crippen LogP contribution >= 0.6 is 23.2 Å². The second kappa shape index (κ2) is 10.7. The van der Waals surface area contributed by atoms with Crippen molar-refractivity contribution in [3.8, 4) is 5.75 Å². The van der Waals surface area contributed by atoms with Gasteiger partial charge in [-0.3, -0.25) is 4.98 Å². The molecular formula is C25H28Cl2N4O3. The van der Waals surface area contributed by atoms with E-state index < -0.39 is 5.97 Å². The van der Waals surface area contributed by atoms with Crippen LogP contribution < -0.4 is 15.0 Å². The molecule has 1 saturated heterocycles. The summed E-state index contributed by atoms with van der Waals surface area (Å²) in [7, 11) is 1.66. The minimum Gasteiger partial charge on any atom is -0.495 e. The van der Waals surface area contributed by atoms with Crippen LogP contribution in [0.25, 0.3) is 10.9 Å². The van der Waals surface area contributed by atoms with Gasteiger partial charge >= 0.3 is 5.97 Å². The molecular weight excluding hydrogens is 475 g/mol. The Hall–Kier alpha value is -2.74. The van der Waals surface area contributed by atoms with Gasteiger partial charge in [0.05, 0.1) is 40.7 Å². The summed E-state index contributed by atoms with van der Waals surface area (Å²) in [6.45, 7) is 8.98. The Morgan fingerprint density at radius 1 is 1.09 bits per heavy atom. The molecule has 2 heterocycles. The fourth-order valence-corrected chi connectivity index (χ4v) is 4.44. The molecule has 3 aromatic rings. The van der Waals surface area contributed by atoms with E-state index in [2.05, 4.69) is 27.0 Å². The molecule has 0 aliphatic carbocycles. The first-order valence-electron chi connectivity index (χ1n) is 11.3. The van der Waals surface area contributed by atoms with Gasteiger partial charge in [-0.2, -0.15) is 0 Å². The van der Waals surface area contributed by atoms with Crippen LogP contribution in [0.3, 0.4) is 0 Å². The Morgan fingerprint density at radius 2 is 1.85 bits per heavy atom. The number of carbonyl (C=O) groups is 1. The van der Waals surface area contributed by atoms with Crippen molar-refractivity contribution in [3.63, 3.8) is 0 Å². The Morgan fingerprint density at radius 3 is 2.50 bits per heavy atom. The minimum absolute atomic E-state index is 0.263. The van der Waals surface area contributed by atoms with E-state index >= 15 is 0 Å². The molecule has 1 aromatic heterocycles. The molecule has 0 amide bonds. The van der Waals surface area contributed by atoms with Crippen LogP contribution in [0.4, 0.5) is 17.1 Å². The Bertz CT molecular complexity index is 1200. The normalized spacial score (nSPS) is 14.3. The predicted octanol–water partition coefficient (Wildman–Crippen LogP) is 5.61. The number of methoxy groups -OCH3 is 1. The van der Waals surface area contributed by atoms with Crippen LogP contribution in [0, 0.1) is 0 Å². The summed E-state index contributed by atoms with van der Waals surface area (Å²) in [5, 5.41) is 5.01. The maximum atomic E-state index is 12.8. The number of rotatable bonds is 7. The predicted molar refractivity (Wildman–Crippen MR) is 138 cm³/mol. The summed E-state index contributed by atoms with van der Waals surface area (Å²) >= 11 is 12.3. The average Bonchev–Trinajstić information content (AvgIpc) is 2.85. The number of hydrogen-bond donors (Lipinski definition) is 1. The highest BCUT2D eigenvalue weighted by molar-refractivity contribution is 6.42. The number of nitrogens with one attached hydrogen (secondary N) is 1. The summed E-state index contributed by atoms with van der Waals surface area (Å²) in [5.74, 6) is 0.294. The minimum atomic E-state index is -0.451. The molecule has 1 aliphatic heterocycles. The van der Waals surface area contributed by atoms with Crippen molar-refractivity contribution in [1.82, 2.24) is 9.88 Å². The van der Waals surface area contributed by atoms with Gasteiger partial charge in [-0.15, -0.1) is 0 Å². The van der Waals surface area contributed by atoms with Crippen molar-refractivity contribution in [2.75, 3.05) is 56.7 Å². The summed E-state index contributed by atoms with van der Waals surface area (Å²) in [6.07, 6.45) is 1.53. The number of esters is 1. The Labute approximate surface area is 209 Å². The molecule has 1 N–H and O–H groups in total. The number of hydrogen-bond acceptors (Lipinski definition) is 7. The van der Waals surface area contributed by atoms with Gasteiger partial charge in [0.1, 0.15) is 11.3 Å². The molecule has 0 unspecified atom stereocenters. The molecule has 2 aromatic carbocycles. The van der Waals surface area contributed by atoms with Gasteiger partial charge in [0.25, 0.3) is 0 Å². The van der Waals surface area contributed by atoms with Gasteiger partial charge in [0, 0.05) is 49.5 Å². The van der Waals surface area contributed by atoms with Crippen molar-refractivity contribution in [2.24, 2.45) is 0 Å². The monoisotopic (exact) mass is 502 g/mol. The first-order valence-corrected chi connectivity index (χ1v) is 12.1. The lowest BCUT2D eigenvalue weighted by Crippen LogP contribution is -2.46. The summed E-state index contributed by atoms with van der Waals surface area (Å²) in [5.41, 5.74) is 3.29. The zero-order valence-corrected chi connectivity index (χ0v) is 21.0. The second-order valence-corrected chi connectivity index (χ2v) is 8.80. The highest BCUT2D eigenvalue weighted by Crippen LogP contribution is 2.39. The molecule has 9 heteroatoms. The highest BCUT2D eigenvalue weighted by Gasteiger charge is 2.23. The van der Waals surface area contributed by atoms with Crippen LogP contribution in [0.1, 0.15) is 24.2 Å². The molecule has 0 atom stereocenters. The number of likely N-dealkylation sites (N-methyl/N-ethyl adjacent to an activating group) is 1. The highest BCUT2D eigenvalue weighted by atomic mass is 35.5. The van der Waals surface area contributed by atoms with Gasteiger partial charge in [0.2, 0.25) is 0 Å². The SMILES string of the molecule is CCOC(=O)c1cnc2cc(OC)c(N3CCN(CC)CC3)cc2c1Nc1ccc(Cl)c(Cl)c1. The number of anilines is 3. The van der Waals surface area contributed by atoms with Crippen LogP contribution in [-0.4, -0.2) is 62.3 Å². The van der Waals surface area contributed by atoms with Crippen LogP contribution in [0.5, 0.6) is 5.75 Å². The fourth-order valence-electron chi connectivity index (χ4n) is 4.14. The number of aromatic nitrogens is 1. The smallest absolute Gasteiger partial charge is 0.341 e. The lowest BCUT2D eigenvalue weighted by molar-refractivity contribution is 0.0527. The molecule has 34 heavy (non-hydrogen) atoms. The van der Waals surface area contributed by atoms with Gasteiger partial charge in [0.15, 0.2) is 0 Å². The number of ether oxygens (including phenoxy) is 2. The Balaban J connectivity index is 1.85. The molecule has 7 nitrogen and oxygen atoms in total. The standard InChI is InChI=1S/C25H28Cl2N4O3/c1-4-30-8-10-31(11-9-30)22-13-17-21(14-23(22)33-3)28-15-18(25(32)34-5-2)24(17)29-16-6-7-19(26)20(27)12-16/h6-7,12-15H,4-5,8-11H2,1-3H3,(H,28,29). The van der Waals surface area contributed by atoms with Crippen molar-refractivity contribution < 1.29 is 14.3 Å². The molecule has 0 saturated carbocycles. The third-order valence-electron chi connectivity index (χ3n) is 6.01. The molecule has 180 valence electrons. The van der Waals surface area contributed by atoms with E-state index in [9.17, 15) is 4.79 Å². The average molecular weight is 503 g/mol. The zero-order chi connectivity index (χ0) is 24.2. The molecule has 1 aliphatic rings. The summed E-state index contributed by atoms with van der Waals surface area (Å²) < 4.78 is 11.0. The van der Waals surface area contributed by atoms with E-state index in [1.165, 1.54) is 6.20 Å². The molecule has 4 rings (SSSR count). The van der Waals surface area contributed by atoms with E-state index in [1.54, 1.807) is 26.2 Å². The molecule has 0 radical (unpaired) electrons. The van der Waals surface area contributed by atoms with E-state index in [1.807, 2.05) is 18.2 Å². The number of pyridine rings is 1. The van der Waals surface area contributed by atoms with Gasteiger partial charge < -0.3 is 24.6 Å². The summed E-state index contributed by atoms with van der Waals surface area (Å²) in [6, 6.07) is 9.18. The number of piperazine rings is 1. The number of benzene rings is 2. The van der Waals surface area contributed by atoms with E-state index in [-0.39, 0.29) is 6.61 Å². The maximum absolute atomic E-state index is 12.8. The number of carbonyl (C=O) groups excluding carboxylic acids is 1. The largest absolute Gasteiger partial charge is 0.495 e. The van der Waals surface area contributed by atoms with Crippen LogP contribution in [0.15, 0.2) is 36.5 Å². The number of halogens is 2. The third-order valence-corrected chi connectivity index (χ3v) is 6.75. The first-order chi connectivity index (χ1) is 16.4. The van der Waals surface area contributed by atoms with E-state index in [4.69, 9.17) is 32.7 Å². The first kappa shape index (κ1) is 24.4.